The number of methoxy groups -OCH3 is 1. The van der Waals surface area contributed by atoms with E-state index in [1.165, 1.54) is 17.3 Å². The van der Waals surface area contributed by atoms with Gasteiger partial charge in [0.05, 0.1) is 23.5 Å². The molecule has 31 heavy (non-hydrogen) atoms. The van der Waals surface area contributed by atoms with Crippen molar-refractivity contribution >= 4 is 54.4 Å². The van der Waals surface area contributed by atoms with Gasteiger partial charge in [-0.25, -0.2) is 9.98 Å². The van der Waals surface area contributed by atoms with Gasteiger partial charge in [-0.2, -0.15) is 0 Å². The lowest BCUT2D eigenvalue weighted by Gasteiger charge is -2.10. The Morgan fingerprint density at radius 2 is 2.03 bits per heavy atom. The molecule has 2 N–H and O–H groups in total. The van der Waals surface area contributed by atoms with Crippen LogP contribution in [-0.2, 0) is 11.2 Å². The zero-order valence-electron chi connectivity index (χ0n) is 17.8. The van der Waals surface area contributed by atoms with E-state index in [0.29, 0.717) is 11.1 Å². The summed E-state index contributed by atoms with van der Waals surface area (Å²) in [5.74, 6) is 1.27. The fourth-order valence-electron chi connectivity index (χ4n) is 3.42. The molecule has 0 amide bonds. The van der Waals surface area contributed by atoms with Crippen molar-refractivity contribution in [2.75, 3.05) is 19.0 Å². The molecule has 162 valence electrons. The van der Waals surface area contributed by atoms with Crippen LogP contribution in [0, 0.1) is 5.92 Å². The number of carbonyl (C=O) groups excluding carboxylic acids is 1. The summed E-state index contributed by atoms with van der Waals surface area (Å²) in [6, 6.07) is 14.0. The number of benzene rings is 2. The molecule has 0 bridgehead atoms. The van der Waals surface area contributed by atoms with Crippen LogP contribution in [0.15, 0.2) is 47.5 Å². The summed E-state index contributed by atoms with van der Waals surface area (Å²) < 4.78 is 6.49. The maximum atomic E-state index is 12.1. The van der Waals surface area contributed by atoms with Gasteiger partial charge in [-0.1, -0.05) is 43.4 Å². The number of hydrogen-bond acceptors (Lipinski definition) is 7. The number of aliphatic imine (C=N–C) groups is 1. The zero-order valence-corrected chi connectivity index (χ0v) is 19.5. The predicted octanol–water partition coefficient (Wildman–Crippen LogP) is 5.22. The molecule has 2 aromatic carbocycles. The highest BCUT2D eigenvalue weighted by atomic mass is 32.2. The maximum absolute atomic E-state index is 12.1. The van der Waals surface area contributed by atoms with Gasteiger partial charge in [0.2, 0.25) is 5.12 Å². The highest BCUT2D eigenvalue weighted by molar-refractivity contribution is 8.27. The van der Waals surface area contributed by atoms with Crippen LogP contribution in [0.5, 0.6) is 5.75 Å². The number of ether oxygens (including phenoxy) is 1. The molecule has 0 saturated carbocycles. The van der Waals surface area contributed by atoms with Crippen LogP contribution in [0.1, 0.15) is 25.8 Å². The molecule has 3 aromatic rings. The van der Waals surface area contributed by atoms with Crippen LogP contribution in [-0.4, -0.2) is 35.0 Å². The maximum Gasteiger partial charge on any atom is 0.218 e. The fraction of sp³-hybridized carbons (Fsp3) is 0.348. The molecule has 1 atom stereocenters. The number of para-hydroxylation sites is 1. The molecule has 8 heteroatoms. The summed E-state index contributed by atoms with van der Waals surface area (Å²) in [4.78, 5) is 21.3. The first kappa shape index (κ1) is 21.6. The SMILES string of the molecule is COc1cccc2sc(NCCc3ccc(/N=C4/N[C@@H](CC(C)C)C(=O)S4)cc3)nc12. The van der Waals surface area contributed by atoms with Crippen molar-refractivity contribution in [1.29, 1.82) is 0 Å². The van der Waals surface area contributed by atoms with Crippen LogP contribution in [0.4, 0.5) is 10.8 Å². The van der Waals surface area contributed by atoms with Crippen LogP contribution in [0.3, 0.4) is 0 Å². The second kappa shape index (κ2) is 9.70. The van der Waals surface area contributed by atoms with Crippen molar-refractivity contribution < 1.29 is 9.53 Å². The number of aromatic nitrogens is 1. The van der Waals surface area contributed by atoms with E-state index in [-0.39, 0.29) is 11.2 Å². The zero-order chi connectivity index (χ0) is 21.8. The molecule has 6 nitrogen and oxygen atoms in total. The van der Waals surface area contributed by atoms with E-state index >= 15 is 0 Å². The minimum Gasteiger partial charge on any atom is -0.494 e. The molecule has 1 saturated heterocycles. The Kier molecular flexibility index (Phi) is 6.77. The van der Waals surface area contributed by atoms with Gasteiger partial charge in [-0.3, -0.25) is 4.79 Å². The predicted molar refractivity (Wildman–Crippen MR) is 131 cm³/mol. The first-order valence-electron chi connectivity index (χ1n) is 10.3. The van der Waals surface area contributed by atoms with Gasteiger partial charge in [0.15, 0.2) is 10.3 Å². The number of fused-ring (bicyclic) bond motifs is 1. The molecule has 1 aromatic heterocycles. The van der Waals surface area contributed by atoms with Gasteiger partial charge in [0, 0.05) is 6.54 Å². The second-order valence-electron chi connectivity index (χ2n) is 7.83. The summed E-state index contributed by atoms with van der Waals surface area (Å²) in [7, 11) is 1.67. The topological polar surface area (TPSA) is 75.6 Å². The number of nitrogens with zero attached hydrogens (tertiary/aromatic N) is 2. The molecular weight excluding hydrogens is 428 g/mol. The van der Waals surface area contributed by atoms with Crippen molar-refractivity contribution in [1.82, 2.24) is 10.3 Å². The van der Waals surface area contributed by atoms with E-state index in [2.05, 4.69) is 52.7 Å². The molecular formula is C23H26N4O2S2. The molecule has 0 spiro atoms. The minimum absolute atomic E-state index is 0.128. The monoisotopic (exact) mass is 454 g/mol. The van der Waals surface area contributed by atoms with Gasteiger partial charge in [-0.05, 0) is 60.4 Å². The lowest BCUT2D eigenvalue weighted by Crippen LogP contribution is -2.30. The molecule has 0 unspecified atom stereocenters. The fourth-order valence-corrected chi connectivity index (χ4v) is 5.17. The van der Waals surface area contributed by atoms with Gasteiger partial charge < -0.3 is 15.4 Å². The number of thioether (sulfide) groups is 1. The van der Waals surface area contributed by atoms with Crippen molar-refractivity contribution in [3.05, 3.63) is 48.0 Å². The van der Waals surface area contributed by atoms with Crippen LogP contribution in [0.25, 0.3) is 10.2 Å². The third-order valence-corrected chi connectivity index (χ3v) is 6.81. The number of carbonyl (C=O) groups is 1. The summed E-state index contributed by atoms with van der Waals surface area (Å²) in [6.07, 6.45) is 1.71. The quantitative estimate of drug-likeness (QED) is 0.486. The summed E-state index contributed by atoms with van der Waals surface area (Å²) in [5.41, 5.74) is 2.97. The second-order valence-corrected chi connectivity index (χ2v) is 9.86. The number of amidine groups is 1. The number of hydrogen-bond donors (Lipinski definition) is 2. The Labute approximate surface area is 190 Å². The van der Waals surface area contributed by atoms with E-state index < -0.39 is 0 Å². The van der Waals surface area contributed by atoms with Crippen molar-refractivity contribution in [2.24, 2.45) is 10.9 Å². The molecule has 0 aliphatic carbocycles. The molecule has 2 heterocycles. The van der Waals surface area contributed by atoms with E-state index in [1.54, 1.807) is 18.4 Å². The van der Waals surface area contributed by atoms with Crippen LogP contribution in [0.2, 0.25) is 0 Å². The van der Waals surface area contributed by atoms with Gasteiger partial charge in [0.1, 0.15) is 11.3 Å². The van der Waals surface area contributed by atoms with Crippen molar-refractivity contribution in [3.8, 4) is 5.75 Å². The standard InChI is InChI=1S/C23H26N4O2S2/c1-14(2)13-17-21(28)31-23(26-17)25-16-9-7-15(8-10-16)11-12-24-22-27-20-18(29-3)5-4-6-19(20)30-22/h4-10,14,17H,11-13H2,1-3H3,(H,24,27)(H,25,26)/t17-/m0/s1. The third kappa shape index (κ3) is 5.37. The average molecular weight is 455 g/mol. The Balaban J connectivity index is 1.32. The van der Waals surface area contributed by atoms with Gasteiger partial charge in [-0.15, -0.1) is 0 Å². The lowest BCUT2D eigenvalue weighted by atomic mass is 10.1. The highest BCUT2D eigenvalue weighted by Crippen LogP contribution is 2.32. The van der Waals surface area contributed by atoms with Crippen molar-refractivity contribution in [2.45, 2.75) is 32.7 Å². The Morgan fingerprint density at radius 1 is 1.23 bits per heavy atom. The van der Waals surface area contributed by atoms with E-state index in [1.807, 2.05) is 24.3 Å². The van der Waals surface area contributed by atoms with E-state index in [4.69, 9.17) is 4.74 Å². The highest BCUT2D eigenvalue weighted by Gasteiger charge is 2.30. The third-order valence-electron chi connectivity index (χ3n) is 4.95. The molecule has 1 aliphatic rings. The number of thiazole rings is 1. The molecule has 0 radical (unpaired) electrons. The minimum atomic E-state index is -0.128. The first-order valence-corrected chi connectivity index (χ1v) is 12.0. The summed E-state index contributed by atoms with van der Waals surface area (Å²) in [5, 5.41) is 8.39. The van der Waals surface area contributed by atoms with Gasteiger partial charge in [0.25, 0.3) is 0 Å². The van der Waals surface area contributed by atoms with Crippen LogP contribution < -0.4 is 15.4 Å². The molecule has 1 fully saturated rings. The number of nitrogens with one attached hydrogen (secondary N) is 2. The Morgan fingerprint density at radius 3 is 2.77 bits per heavy atom. The van der Waals surface area contributed by atoms with Gasteiger partial charge >= 0.3 is 0 Å². The molecule has 1 aliphatic heterocycles. The van der Waals surface area contributed by atoms with Crippen molar-refractivity contribution in [3.63, 3.8) is 0 Å². The number of anilines is 1. The summed E-state index contributed by atoms with van der Waals surface area (Å²) in [6.45, 7) is 5.03. The largest absolute Gasteiger partial charge is 0.494 e. The smallest absolute Gasteiger partial charge is 0.218 e. The lowest BCUT2D eigenvalue weighted by molar-refractivity contribution is -0.112. The van der Waals surface area contributed by atoms with E-state index in [0.717, 1.165) is 46.2 Å². The van der Waals surface area contributed by atoms with Crippen LogP contribution >= 0.6 is 23.1 Å². The number of rotatable bonds is 8. The Hall–Kier alpha value is -2.58. The normalized spacial score (nSPS) is 17.5. The summed E-state index contributed by atoms with van der Waals surface area (Å²) >= 11 is 2.83. The molecule has 4 rings (SSSR count). The van der Waals surface area contributed by atoms with E-state index in [9.17, 15) is 4.79 Å². The average Bonchev–Trinajstić information content (AvgIpc) is 3.31. The first-order chi connectivity index (χ1) is 15.0. The Bertz CT molecular complexity index is 1090.